The minimum absolute atomic E-state index is 0. The van der Waals surface area contributed by atoms with Crippen molar-refractivity contribution in [1.82, 2.24) is 4.98 Å². The lowest BCUT2D eigenvalue weighted by Crippen LogP contribution is -2.00. The summed E-state index contributed by atoms with van der Waals surface area (Å²) in [6.45, 7) is 0.935. The van der Waals surface area contributed by atoms with E-state index in [-0.39, 0.29) is 12.4 Å². The third-order valence-corrected chi connectivity index (χ3v) is 3.56. The first-order valence-corrected chi connectivity index (χ1v) is 8.10. The minimum Gasteiger partial charge on any atom is -0.492 e. The van der Waals surface area contributed by atoms with Crippen LogP contribution in [0.15, 0.2) is 42.5 Å². The molecule has 6 heteroatoms. The maximum absolute atomic E-state index is 5.69. The smallest absolute Gasteiger partial charge is 0.145 e. The molecule has 0 radical (unpaired) electrons. The highest BCUT2D eigenvalue weighted by atomic mass is 35.5. The minimum atomic E-state index is 0. The van der Waals surface area contributed by atoms with E-state index in [0.717, 1.165) is 33.3 Å². The third kappa shape index (κ3) is 4.11. The molecule has 0 aliphatic carbocycles. The van der Waals surface area contributed by atoms with Crippen molar-refractivity contribution in [1.29, 1.82) is 0 Å². The fourth-order valence-corrected chi connectivity index (χ4v) is 2.47. The number of ether oxygens (including phenoxy) is 2. The van der Waals surface area contributed by atoms with Crippen LogP contribution in [0.3, 0.4) is 0 Å². The van der Waals surface area contributed by atoms with Crippen LogP contribution in [0, 0.1) is 0 Å². The maximum atomic E-state index is 5.69. The molecule has 0 spiro atoms. The second kappa shape index (κ2) is 8.44. The van der Waals surface area contributed by atoms with E-state index in [9.17, 15) is 0 Å². The molecule has 2 aromatic carbocycles. The first kappa shape index (κ1) is 17.9. The number of hydrogen-bond donors (Lipinski definition) is 0. The maximum Gasteiger partial charge on any atom is 0.145 e. The Hall–Kier alpha value is -1.42. The fourth-order valence-electron chi connectivity index (χ4n) is 2.32. The van der Waals surface area contributed by atoms with Crippen LogP contribution < -0.4 is 9.47 Å². The molecule has 23 heavy (non-hydrogen) atoms. The summed E-state index contributed by atoms with van der Waals surface area (Å²) >= 11 is 11.3. The average molecular weight is 373 g/mol. The number of nitrogens with zero attached hydrogens (tertiary/aromatic N) is 1. The van der Waals surface area contributed by atoms with Gasteiger partial charge in [0.25, 0.3) is 0 Å². The summed E-state index contributed by atoms with van der Waals surface area (Å²) in [5.41, 5.74) is 1.69. The van der Waals surface area contributed by atoms with Crippen molar-refractivity contribution >= 4 is 57.4 Å². The number of benzene rings is 2. The standard InChI is InChI=1S/C17H15Cl2NO2.ClH/c18-6-8-21-14-5-4-12-10-13-2-1-3-16(22-9-7-19)17(13)20-15(12)11-14;/h1-5,10-11H,6-9H2;1H. The van der Waals surface area contributed by atoms with Crippen molar-refractivity contribution in [2.24, 2.45) is 0 Å². The van der Waals surface area contributed by atoms with E-state index in [4.69, 9.17) is 37.7 Å². The number of fused-ring (bicyclic) bond motifs is 2. The van der Waals surface area contributed by atoms with Crippen LogP contribution in [0.4, 0.5) is 0 Å². The van der Waals surface area contributed by atoms with Crippen molar-refractivity contribution in [2.45, 2.75) is 0 Å². The van der Waals surface area contributed by atoms with Gasteiger partial charge in [-0.2, -0.15) is 0 Å². The van der Waals surface area contributed by atoms with Crippen molar-refractivity contribution in [3.63, 3.8) is 0 Å². The average Bonchev–Trinajstić information content (AvgIpc) is 2.56. The van der Waals surface area contributed by atoms with E-state index in [2.05, 4.69) is 6.07 Å². The lowest BCUT2D eigenvalue weighted by Gasteiger charge is -2.09. The Morgan fingerprint density at radius 1 is 0.870 bits per heavy atom. The number of alkyl halides is 2. The molecule has 0 aliphatic rings. The second-order valence-corrected chi connectivity index (χ2v) is 5.50. The zero-order valence-corrected chi connectivity index (χ0v) is 14.6. The van der Waals surface area contributed by atoms with Gasteiger partial charge in [0, 0.05) is 16.8 Å². The summed E-state index contributed by atoms with van der Waals surface area (Å²) in [6.07, 6.45) is 0. The van der Waals surface area contributed by atoms with Crippen LogP contribution in [0.1, 0.15) is 0 Å². The van der Waals surface area contributed by atoms with Gasteiger partial charge in [0.15, 0.2) is 0 Å². The van der Waals surface area contributed by atoms with Crippen molar-refractivity contribution in [2.75, 3.05) is 25.0 Å². The summed E-state index contributed by atoms with van der Waals surface area (Å²) in [5, 5.41) is 2.09. The summed E-state index contributed by atoms with van der Waals surface area (Å²) in [6, 6.07) is 13.8. The molecule has 122 valence electrons. The molecule has 0 bridgehead atoms. The molecule has 0 N–H and O–H groups in total. The molecular weight excluding hydrogens is 357 g/mol. The van der Waals surface area contributed by atoms with Gasteiger partial charge in [-0.05, 0) is 24.3 Å². The Labute approximate surface area is 150 Å². The topological polar surface area (TPSA) is 31.4 Å². The van der Waals surface area contributed by atoms with Crippen molar-refractivity contribution < 1.29 is 9.47 Å². The molecule has 0 saturated carbocycles. The quantitative estimate of drug-likeness (QED) is 0.448. The molecule has 1 heterocycles. The number of para-hydroxylation sites is 1. The Morgan fingerprint density at radius 3 is 2.43 bits per heavy atom. The Balaban J connectivity index is 0.00000192. The molecule has 0 unspecified atom stereocenters. The number of rotatable bonds is 6. The Kier molecular flexibility index (Phi) is 6.58. The van der Waals surface area contributed by atoms with Gasteiger partial charge in [0.05, 0.1) is 17.3 Å². The van der Waals surface area contributed by atoms with Crippen LogP contribution in [-0.4, -0.2) is 30.0 Å². The van der Waals surface area contributed by atoms with Gasteiger partial charge in [-0.3, -0.25) is 0 Å². The lowest BCUT2D eigenvalue weighted by molar-refractivity contribution is 0.343. The highest BCUT2D eigenvalue weighted by Crippen LogP contribution is 2.28. The zero-order chi connectivity index (χ0) is 15.4. The molecule has 3 nitrogen and oxygen atoms in total. The van der Waals surface area contributed by atoms with Crippen LogP contribution in [0.5, 0.6) is 11.5 Å². The van der Waals surface area contributed by atoms with E-state index in [0.29, 0.717) is 25.0 Å². The Morgan fingerprint density at radius 2 is 1.65 bits per heavy atom. The number of pyridine rings is 1. The van der Waals surface area contributed by atoms with Crippen LogP contribution >= 0.6 is 35.6 Å². The largest absolute Gasteiger partial charge is 0.492 e. The first-order chi connectivity index (χ1) is 10.8. The highest BCUT2D eigenvalue weighted by Gasteiger charge is 2.07. The van der Waals surface area contributed by atoms with E-state index in [1.165, 1.54) is 0 Å². The lowest BCUT2D eigenvalue weighted by atomic mass is 10.1. The molecule has 0 atom stereocenters. The van der Waals surface area contributed by atoms with Crippen molar-refractivity contribution in [3.05, 3.63) is 42.5 Å². The molecule has 3 rings (SSSR count). The molecule has 0 saturated heterocycles. The van der Waals surface area contributed by atoms with Crippen LogP contribution in [0.25, 0.3) is 21.8 Å². The monoisotopic (exact) mass is 371 g/mol. The SMILES string of the molecule is Cl.ClCCOc1ccc2cc3cccc(OCCCl)c3nc2c1. The number of aromatic nitrogens is 1. The van der Waals surface area contributed by atoms with E-state index in [1.54, 1.807) is 0 Å². The van der Waals surface area contributed by atoms with Crippen molar-refractivity contribution in [3.8, 4) is 11.5 Å². The molecule has 1 aromatic heterocycles. The van der Waals surface area contributed by atoms with Gasteiger partial charge in [0.2, 0.25) is 0 Å². The van der Waals surface area contributed by atoms with Gasteiger partial charge in [0.1, 0.15) is 30.2 Å². The molecule has 0 fully saturated rings. The summed E-state index contributed by atoms with van der Waals surface area (Å²) in [7, 11) is 0. The molecular formula is C17H16Cl3NO2. The summed E-state index contributed by atoms with van der Waals surface area (Å²) in [5.74, 6) is 2.41. The number of halogens is 3. The first-order valence-electron chi connectivity index (χ1n) is 7.03. The predicted molar refractivity (Wildman–Crippen MR) is 98.9 cm³/mol. The van der Waals surface area contributed by atoms with Gasteiger partial charge in [-0.15, -0.1) is 35.6 Å². The van der Waals surface area contributed by atoms with Gasteiger partial charge in [-0.25, -0.2) is 4.98 Å². The van der Waals surface area contributed by atoms with Gasteiger partial charge >= 0.3 is 0 Å². The van der Waals surface area contributed by atoms with Crippen LogP contribution in [-0.2, 0) is 0 Å². The highest BCUT2D eigenvalue weighted by molar-refractivity contribution is 6.18. The zero-order valence-electron chi connectivity index (χ0n) is 12.3. The van der Waals surface area contributed by atoms with E-state index < -0.39 is 0 Å². The van der Waals surface area contributed by atoms with Gasteiger partial charge < -0.3 is 9.47 Å². The normalized spacial score (nSPS) is 10.5. The number of hydrogen-bond acceptors (Lipinski definition) is 3. The summed E-state index contributed by atoms with van der Waals surface area (Å²) < 4.78 is 11.2. The van der Waals surface area contributed by atoms with Gasteiger partial charge in [-0.1, -0.05) is 12.1 Å². The molecule has 0 aliphatic heterocycles. The fraction of sp³-hybridized carbons (Fsp3) is 0.235. The van der Waals surface area contributed by atoms with E-state index >= 15 is 0 Å². The Bertz CT molecular complexity index is 795. The molecule has 0 amide bonds. The second-order valence-electron chi connectivity index (χ2n) is 4.75. The summed E-state index contributed by atoms with van der Waals surface area (Å²) in [4.78, 5) is 4.72. The third-order valence-electron chi connectivity index (χ3n) is 3.26. The molecule has 3 aromatic rings. The van der Waals surface area contributed by atoms with E-state index in [1.807, 2.05) is 36.4 Å². The predicted octanol–water partition coefficient (Wildman–Crippen LogP) is 5.05. The van der Waals surface area contributed by atoms with Crippen LogP contribution in [0.2, 0.25) is 0 Å².